The van der Waals surface area contributed by atoms with E-state index >= 15 is 4.39 Å². The van der Waals surface area contributed by atoms with Crippen LogP contribution in [0.3, 0.4) is 0 Å². The third-order valence-electron chi connectivity index (χ3n) is 7.30. The first-order valence-electron chi connectivity index (χ1n) is 11.1. The van der Waals surface area contributed by atoms with Crippen molar-refractivity contribution in [1.82, 2.24) is 4.90 Å². The molecule has 3 aliphatic rings. The number of nitrogens with two attached hydrogens (primary N) is 1. The van der Waals surface area contributed by atoms with Crippen LogP contribution in [-0.4, -0.2) is 37.7 Å². The van der Waals surface area contributed by atoms with Gasteiger partial charge in [-0.25, -0.2) is 17.9 Å². The molecule has 1 saturated heterocycles. The predicted molar refractivity (Wildman–Crippen MR) is 121 cm³/mol. The molecule has 2 N–H and O–H groups in total. The van der Waals surface area contributed by atoms with E-state index in [1.165, 1.54) is 12.0 Å². The Kier molecular flexibility index (Phi) is 5.62. The quantitative estimate of drug-likeness (QED) is 0.675. The van der Waals surface area contributed by atoms with Gasteiger partial charge in [-0.15, -0.1) is 0 Å². The van der Waals surface area contributed by atoms with Gasteiger partial charge in [-0.1, -0.05) is 29.8 Å². The van der Waals surface area contributed by atoms with Crippen LogP contribution < -0.4 is 5.14 Å². The number of hydrogen-bond acceptors (Lipinski definition) is 3. The zero-order chi connectivity index (χ0) is 21.8. The van der Waals surface area contributed by atoms with Crippen molar-refractivity contribution in [2.45, 2.75) is 55.7 Å². The number of benzene rings is 2. The minimum absolute atomic E-state index is 0.0544. The van der Waals surface area contributed by atoms with Crippen LogP contribution in [0.5, 0.6) is 0 Å². The summed E-state index contributed by atoms with van der Waals surface area (Å²) < 4.78 is 39.3. The number of halogens is 2. The van der Waals surface area contributed by atoms with Gasteiger partial charge in [0.05, 0.1) is 5.25 Å². The standard InChI is InChI=1S/C24H28ClFN2O2S/c25-19-4-1-3-15(9-19)10-21-20-11-18(14-24(16-5-6-16)31(27,29)30)22(26)12-17(20)13-23(21)28-7-2-8-28/h1,3-4,9,11-12,16,21,23-24H,2,5-8,10,13-14H2,(H2,27,29,30). The van der Waals surface area contributed by atoms with Crippen LogP contribution in [0.15, 0.2) is 36.4 Å². The highest BCUT2D eigenvalue weighted by molar-refractivity contribution is 7.89. The number of sulfonamides is 1. The lowest BCUT2D eigenvalue weighted by atomic mass is 9.88. The monoisotopic (exact) mass is 462 g/mol. The minimum atomic E-state index is -3.71. The number of rotatable bonds is 7. The Bertz CT molecular complexity index is 1100. The smallest absolute Gasteiger partial charge is 0.212 e. The lowest BCUT2D eigenvalue weighted by Gasteiger charge is -2.39. The van der Waals surface area contributed by atoms with Gasteiger partial charge in [-0.2, -0.15) is 0 Å². The Morgan fingerprint density at radius 1 is 1.19 bits per heavy atom. The molecule has 0 amide bonds. The molecule has 1 saturated carbocycles. The van der Waals surface area contributed by atoms with Gasteiger partial charge in [0, 0.05) is 17.0 Å². The van der Waals surface area contributed by atoms with Gasteiger partial charge in [0.2, 0.25) is 10.0 Å². The molecule has 2 aromatic rings. The third kappa shape index (κ3) is 4.40. The van der Waals surface area contributed by atoms with Crippen molar-refractivity contribution in [2.24, 2.45) is 11.1 Å². The second kappa shape index (κ2) is 8.14. The Labute approximate surface area is 188 Å². The average Bonchev–Trinajstić information content (AvgIpc) is 3.43. The Hall–Kier alpha value is -1.47. The van der Waals surface area contributed by atoms with E-state index in [1.54, 1.807) is 6.07 Å². The Balaban J connectivity index is 1.49. The van der Waals surface area contributed by atoms with E-state index in [2.05, 4.69) is 11.0 Å². The molecule has 1 aliphatic heterocycles. The maximum Gasteiger partial charge on any atom is 0.212 e. The van der Waals surface area contributed by atoms with Crippen molar-refractivity contribution in [1.29, 1.82) is 0 Å². The second-order valence-corrected chi connectivity index (χ2v) is 11.6. The summed E-state index contributed by atoms with van der Waals surface area (Å²) >= 11 is 6.22. The number of likely N-dealkylation sites (tertiary alicyclic amines) is 1. The SMILES string of the molecule is NS(=O)(=O)C(Cc1cc2c(cc1F)CC(N1CCC1)C2Cc1cccc(Cl)c1)C1CC1. The summed E-state index contributed by atoms with van der Waals surface area (Å²) in [4.78, 5) is 2.49. The Morgan fingerprint density at radius 3 is 2.58 bits per heavy atom. The number of hydrogen-bond donors (Lipinski definition) is 1. The molecule has 31 heavy (non-hydrogen) atoms. The van der Waals surface area contributed by atoms with E-state index in [0.29, 0.717) is 11.6 Å². The van der Waals surface area contributed by atoms with Gasteiger partial charge in [0.1, 0.15) is 5.82 Å². The summed E-state index contributed by atoms with van der Waals surface area (Å²) in [5.41, 5.74) is 3.84. The van der Waals surface area contributed by atoms with Crippen LogP contribution in [0.4, 0.5) is 4.39 Å². The molecular formula is C24H28ClFN2O2S. The van der Waals surface area contributed by atoms with Gasteiger partial charge in [0.25, 0.3) is 0 Å². The van der Waals surface area contributed by atoms with Crippen LogP contribution in [0, 0.1) is 11.7 Å². The van der Waals surface area contributed by atoms with Crippen LogP contribution >= 0.6 is 11.6 Å². The van der Waals surface area contributed by atoms with Gasteiger partial charge in [0.15, 0.2) is 0 Å². The van der Waals surface area contributed by atoms with Crippen LogP contribution in [0.1, 0.15) is 47.4 Å². The highest BCUT2D eigenvalue weighted by atomic mass is 35.5. The number of nitrogens with zero attached hydrogens (tertiary/aromatic N) is 1. The molecule has 2 aromatic carbocycles. The van der Waals surface area contributed by atoms with Crippen LogP contribution in [-0.2, 0) is 29.3 Å². The van der Waals surface area contributed by atoms with Crippen molar-refractivity contribution >= 4 is 21.6 Å². The van der Waals surface area contributed by atoms with Crippen molar-refractivity contribution in [3.05, 3.63) is 69.5 Å². The van der Waals surface area contributed by atoms with Crippen molar-refractivity contribution < 1.29 is 12.8 Å². The van der Waals surface area contributed by atoms with E-state index in [9.17, 15) is 8.42 Å². The van der Waals surface area contributed by atoms with Gasteiger partial charge >= 0.3 is 0 Å². The fraction of sp³-hybridized carbons (Fsp3) is 0.500. The van der Waals surface area contributed by atoms with E-state index in [-0.39, 0.29) is 24.1 Å². The first kappa shape index (κ1) is 21.4. The molecule has 2 fully saturated rings. The number of primary sulfonamides is 1. The van der Waals surface area contributed by atoms with E-state index in [1.807, 2.05) is 24.3 Å². The zero-order valence-electron chi connectivity index (χ0n) is 17.4. The molecule has 0 bridgehead atoms. The molecule has 0 radical (unpaired) electrons. The van der Waals surface area contributed by atoms with Crippen LogP contribution in [0.25, 0.3) is 0 Å². The summed E-state index contributed by atoms with van der Waals surface area (Å²) in [5.74, 6) is -0.0143. The van der Waals surface area contributed by atoms with Crippen molar-refractivity contribution in [3.63, 3.8) is 0 Å². The van der Waals surface area contributed by atoms with E-state index < -0.39 is 15.3 Å². The molecule has 0 aromatic heterocycles. The molecule has 5 rings (SSSR count). The predicted octanol–water partition coefficient (Wildman–Crippen LogP) is 4.05. The molecular weight excluding hydrogens is 435 g/mol. The Morgan fingerprint density at radius 2 is 1.97 bits per heavy atom. The molecule has 3 unspecified atom stereocenters. The average molecular weight is 463 g/mol. The molecule has 166 valence electrons. The highest BCUT2D eigenvalue weighted by Gasteiger charge is 2.41. The summed E-state index contributed by atoms with van der Waals surface area (Å²) in [5, 5.41) is 5.52. The fourth-order valence-corrected chi connectivity index (χ4v) is 6.82. The zero-order valence-corrected chi connectivity index (χ0v) is 19.0. The second-order valence-electron chi connectivity index (χ2n) is 9.41. The largest absolute Gasteiger partial charge is 0.299 e. The van der Waals surface area contributed by atoms with Crippen molar-refractivity contribution in [2.75, 3.05) is 13.1 Å². The third-order valence-corrected chi connectivity index (χ3v) is 8.93. The highest BCUT2D eigenvalue weighted by Crippen LogP contribution is 2.43. The first-order chi connectivity index (χ1) is 14.8. The normalized spacial score (nSPS) is 24.6. The first-order valence-corrected chi connectivity index (χ1v) is 13.1. The molecule has 0 spiro atoms. The van der Waals surface area contributed by atoms with Gasteiger partial charge < -0.3 is 0 Å². The maximum absolute atomic E-state index is 15.0. The fourth-order valence-electron chi connectivity index (χ4n) is 5.39. The molecule has 2 aliphatic carbocycles. The maximum atomic E-state index is 15.0. The molecule has 3 atom stereocenters. The molecule has 4 nitrogen and oxygen atoms in total. The summed E-state index contributed by atoms with van der Waals surface area (Å²) in [6.45, 7) is 2.16. The number of fused-ring (bicyclic) bond motifs is 1. The minimum Gasteiger partial charge on any atom is -0.299 e. The topological polar surface area (TPSA) is 63.4 Å². The van der Waals surface area contributed by atoms with E-state index in [0.717, 1.165) is 54.9 Å². The van der Waals surface area contributed by atoms with Crippen LogP contribution in [0.2, 0.25) is 5.02 Å². The lowest BCUT2D eigenvalue weighted by molar-refractivity contribution is 0.106. The summed E-state index contributed by atoms with van der Waals surface area (Å²) in [7, 11) is -3.71. The molecule has 7 heteroatoms. The summed E-state index contributed by atoms with van der Waals surface area (Å²) in [6, 6.07) is 11.8. The van der Waals surface area contributed by atoms with Gasteiger partial charge in [-0.3, -0.25) is 4.90 Å². The lowest BCUT2D eigenvalue weighted by Crippen LogP contribution is -2.47. The summed E-state index contributed by atoms with van der Waals surface area (Å²) in [6.07, 6.45) is 4.72. The van der Waals surface area contributed by atoms with Crippen molar-refractivity contribution in [3.8, 4) is 0 Å². The van der Waals surface area contributed by atoms with E-state index in [4.69, 9.17) is 16.7 Å². The molecule has 1 heterocycles. The van der Waals surface area contributed by atoms with Gasteiger partial charge in [-0.05, 0) is 98.0 Å².